The number of halogens is 1. The molecule has 1 saturated heterocycles. The molecule has 0 unspecified atom stereocenters. The molecule has 0 spiro atoms. The molecule has 1 aliphatic heterocycles. The van der Waals surface area contributed by atoms with Crippen LogP contribution in [0.4, 0.5) is 10.1 Å². The smallest absolute Gasteiger partial charge is 0.338 e. The third kappa shape index (κ3) is 5.81. The number of rotatable bonds is 9. The van der Waals surface area contributed by atoms with Crippen LogP contribution in [0.2, 0.25) is 0 Å². The topological polar surface area (TPSA) is 79.0 Å². The van der Waals surface area contributed by atoms with Crippen LogP contribution in [0, 0.1) is 5.82 Å². The van der Waals surface area contributed by atoms with Crippen molar-refractivity contribution in [1.29, 1.82) is 0 Å². The van der Waals surface area contributed by atoms with Crippen molar-refractivity contribution in [2.75, 3.05) is 18.5 Å². The highest BCUT2D eigenvalue weighted by atomic mass is 32.1. The van der Waals surface area contributed by atoms with E-state index in [2.05, 4.69) is 11.9 Å². The standard InChI is InChI=1S/C24H24FN3O4S/c1-3-13-27-20(22(30)28(24(27)33)15-16-5-9-18(25)10-6-16)14-21(29)26-19-11-7-17(8-12-19)23(31)32-4-2/h3,5-12,20H,1,4,13-15H2,2H3,(H,26,29)/t20-/m0/s1. The Hall–Kier alpha value is -3.59. The zero-order chi connectivity index (χ0) is 24.0. The number of thiocarbonyl (C=S) groups is 1. The first kappa shape index (κ1) is 24.1. The van der Waals surface area contributed by atoms with E-state index in [-0.39, 0.29) is 37.2 Å². The van der Waals surface area contributed by atoms with Gasteiger partial charge in [0.25, 0.3) is 5.91 Å². The maximum Gasteiger partial charge on any atom is 0.338 e. The molecule has 1 atom stereocenters. The molecule has 33 heavy (non-hydrogen) atoms. The summed E-state index contributed by atoms with van der Waals surface area (Å²) in [4.78, 5) is 40.6. The van der Waals surface area contributed by atoms with Crippen molar-refractivity contribution in [2.24, 2.45) is 0 Å². The van der Waals surface area contributed by atoms with Crippen molar-refractivity contribution < 1.29 is 23.5 Å². The number of anilines is 1. The van der Waals surface area contributed by atoms with Gasteiger partial charge >= 0.3 is 5.97 Å². The van der Waals surface area contributed by atoms with Crippen molar-refractivity contribution in [2.45, 2.75) is 25.9 Å². The molecule has 1 N–H and O–H groups in total. The van der Waals surface area contributed by atoms with Gasteiger partial charge in [-0.05, 0) is 61.1 Å². The highest BCUT2D eigenvalue weighted by Gasteiger charge is 2.42. The van der Waals surface area contributed by atoms with Crippen molar-refractivity contribution in [3.05, 3.63) is 78.1 Å². The monoisotopic (exact) mass is 469 g/mol. The number of amides is 2. The zero-order valence-electron chi connectivity index (χ0n) is 18.1. The number of nitrogens with one attached hydrogen (secondary N) is 1. The fraction of sp³-hybridized carbons (Fsp3) is 0.250. The van der Waals surface area contributed by atoms with Crippen molar-refractivity contribution in [1.82, 2.24) is 9.80 Å². The molecule has 2 aromatic rings. The second kappa shape index (κ2) is 10.8. The Kier molecular flexibility index (Phi) is 7.89. The van der Waals surface area contributed by atoms with Gasteiger partial charge in [0.2, 0.25) is 5.91 Å². The molecule has 1 aliphatic rings. The SMILES string of the molecule is C=CCN1C(=S)N(Cc2ccc(F)cc2)C(=O)[C@@H]1CC(=O)Nc1ccc(C(=O)OCC)cc1. The van der Waals surface area contributed by atoms with Crippen LogP contribution < -0.4 is 5.32 Å². The highest BCUT2D eigenvalue weighted by molar-refractivity contribution is 7.80. The van der Waals surface area contributed by atoms with Crippen LogP contribution in [-0.2, 0) is 20.9 Å². The van der Waals surface area contributed by atoms with Crippen molar-refractivity contribution in [3.8, 4) is 0 Å². The van der Waals surface area contributed by atoms with E-state index in [1.807, 2.05) is 0 Å². The molecule has 9 heteroatoms. The summed E-state index contributed by atoms with van der Waals surface area (Å²) in [5.41, 5.74) is 1.58. The first-order chi connectivity index (χ1) is 15.8. The average Bonchev–Trinajstić information content (AvgIpc) is 3.00. The average molecular weight is 470 g/mol. The van der Waals surface area contributed by atoms with E-state index in [0.717, 1.165) is 5.56 Å². The molecule has 0 saturated carbocycles. The number of hydrogen-bond donors (Lipinski definition) is 1. The van der Waals surface area contributed by atoms with E-state index in [4.69, 9.17) is 17.0 Å². The lowest BCUT2D eigenvalue weighted by molar-refractivity contribution is -0.130. The molecular weight excluding hydrogens is 445 g/mol. The quantitative estimate of drug-likeness (QED) is 0.344. The number of ether oxygens (including phenoxy) is 1. The minimum absolute atomic E-state index is 0.119. The second-order valence-corrected chi connectivity index (χ2v) is 7.71. The molecular formula is C24H24FN3O4S. The normalized spacial score (nSPS) is 15.5. The first-order valence-corrected chi connectivity index (χ1v) is 10.8. The van der Waals surface area contributed by atoms with Crippen LogP contribution in [0.1, 0.15) is 29.3 Å². The van der Waals surface area contributed by atoms with E-state index in [1.54, 1.807) is 54.3 Å². The fourth-order valence-electron chi connectivity index (χ4n) is 3.45. The number of carbonyl (C=O) groups is 3. The maximum absolute atomic E-state index is 13.2. The van der Waals surface area contributed by atoms with Crippen LogP contribution in [0.5, 0.6) is 0 Å². The van der Waals surface area contributed by atoms with E-state index in [1.165, 1.54) is 17.0 Å². The van der Waals surface area contributed by atoms with Gasteiger partial charge in [-0.25, -0.2) is 9.18 Å². The lowest BCUT2D eigenvalue weighted by atomic mass is 10.1. The summed E-state index contributed by atoms with van der Waals surface area (Å²) in [6.45, 7) is 6.18. The molecule has 2 amide bonds. The van der Waals surface area contributed by atoms with E-state index in [0.29, 0.717) is 22.9 Å². The third-order valence-electron chi connectivity index (χ3n) is 5.04. The number of hydrogen-bond acceptors (Lipinski definition) is 5. The molecule has 3 rings (SSSR count). The molecule has 2 aromatic carbocycles. The number of benzene rings is 2. The summed E-state index contributed by atoms with van der Waals surface area (Å²) < 4.78 is 18.1. The highest BCUT2D eigenvalue weighted by Crippen LogP contribution is 2.24. The summed E-state index contributed by atoms with van der Waals surface area (Å²) in [5.74, 6) is -1.49. The van der Waals surface area contributed by atoms with Gasteiger partial charge in [-0.15, -0.1) is 6.58 Å². The van der Waals surface area contributed by atoms with Gasteiger partial charge < -0.3 is 15.0 Å². The number of esters is 1. The van der Waals surface area contributed by atoms with Crippen LogP contribution in [0.15, 0.2) is 61.2 Å². The summed E-state index contributed by atoms with van der Waals surface area (Å²) in [6.07, 6.45) is 1.49. The van der Waals surface area contributed by atoms with E-state index in [9.17, 15) is 18.8 Å². The van der Waals surface area contributed by atoms with Gasteiger partial charge in [-0.1, -0.05) is 18.2 Å². The van der Waals surface area contributed by atoms with Crippen LogP contribution in [0.25, 0.3) is 0 Å². The molecule has 1 heterocycles. The fourth-order valence-corrected chi connectivity index (χ4v) is 3.80. The molecule has 0 aliphatic carbocycles. The van der Waals surface area contributed by atoms with Crippen LogP contribution in [-0.4, -0.2) is 51.9 Å². The van der Waals surface area contributed by atoms with E-state index < -0.39 is 12.0 Å². The summed E-state index contributed by atoms with van der Waals surface area (Å²) in [7, 11) is 0. The largest absolute Gasteiger partial charge is 0.462 e. The molecule has 172 valence electrons. The van der Waals surface area contributed by atoms with Crippen molar-refractivity contribution in [3.63, 3.8) is 0 Å². The van der Waals surface area contributed by atoms with Gasteiger partial charge in [-0.2, -0.15) is 0 Å². The lowest BCUT2D eigenvalue weighted by Crippen LogP contribution is -2.37. The number of nitrogens with zero attached hydrogens (tertiary/aromatic N) is 2. The molecule has 0 aromatic heterocycles. The van der Waals surface area contributed by atoms with Gasteiger partial charge in [-0.3, -0.25) is 14.5 Å². The minimum Gasteiger partial charge on any atom is -0.462 e. The van der Waals surface area contributed by atoms with Crippen LogP contribution in [0.3, 0.4) is 0 Å². The molecule has 7 nitrogen and oxygen atoms in total. The second-order valence-electron chi connectivity index (χ2n) is 7.34. The lowest BCUT2D eigenvalue weighted by Gasteiger charge is -2.22. The predicted molar refractivity (Wildman–Crippen MR) is 126 cm³/mol. The predicted octanol–water partition coefficient (Wildman–Crippen LogP) is 3.51. The molecule has 1 fully saturated rings. The molecule has 0 bridgehead atoms. The Bertz CT molecular complexity index is 1060. The Labute approximate surface area is 196 Å². The van der Waals surface area contributed by atoms with Gasteiger partial charge in [0.05, 0.1) is 25.1 Å². The minimum atomic E-state index is -0.783. The maximum atomic E-state index is 13.2. The summed E-state index contributed by atoms with van der Waals surface area (Å²) in [5, 5.41) is 3.03. The van der Waals surface area contributed by atoms with E-state index >= 15 is 0 Å². The first-order valence-electron chi connectivity index (χ1n) is 10.4. The summed E-state index contributed by atoms with van der Waals surface area (Å²) in [6, 6.07) is 11.3. The third-order valence-corrected chi connectivity index (χ3v) is 5.50. The Morgan fingerprint density at radius 3 is 2.45 bits per heavy atom. The van der Waals surface area contributed by atoms with Gasteiger partial charge in [0.1, 0.15) is 11.9 Å². The Morgan fingerprint density at radius 1 is 1.18 bits per heavy atom. The zero-order valence-corrected chi connectivity index (χ0v) is 18.9. The van der Waals surface area contributed by atoms with Crippen LogP contribution >= 0.6 is 12.2 Å². The number of carbonyl (C=O) groups excluding carboxylic acids is 3. The van der Waals surface area contributed by atoms with Gasteiger partial charge in [0.15, 0.2) is 5.11 Å². The molecule has 0 radical (unpaired) electrons. The Morgan fingerprint density at radius 2 is 1.85 bits per heavy atom. The summed E-state index contributed by atoms with van der Waals surface area (Å²) >= 11 is 5.48. The van der Waals surface area contributed by atoms with Gasteiger partial charge in [0, 0.05) is 12.2 Å². The Balaban J connectivity index is 1.68. The van der Waals surface area contributed by atoms with Crippen molar-refractivity contribution >= 4 is 40.8 Å².